The fourth-order valence-corrected chi connectivity index (χ4v) is 2.62. The van der Waals surface area contributed by atoms with E-state index in [0.717, 1.165) is 0 Å². The van der Waals surface area contributed by atoms with Gasteiger partial charge in [0.05, 0.1) is 17.6 Å². The Kier molecular flexibility index (Phi) is 4.67. The van der Waals surface area contributed by atoms with Crippen LogP contribution in [0.1, 0.15) is 33.0 Å². The molecule has 0 unspecified atom stereocenters. The van der Waals surface area contributed by atoms with Crippen LogP contribution in [0.15, 0.2) is 72.8 Å². The van der Waals surface area contributed by atoms with E-state index in [4.69, 9.17) is 0 Å². The van der Waals surface area contributed by atoms with E-state index >= 15 is 0 Å². The van der Waals surface area contributed by atoms with Gasteiger partial charge in [-0.05, 0) is 35.4 Å². The smallest absolute Gasteiger partial charge is 0.195 e. The molecule has 4 heteroatoms. The molecule has 122 valence electrons. The summed E-state index contributed by atoms with van der Waals surface area (Å²) in [6.45, 7) is 0. The summed E-state index contributed by atoms with van der Waals surface area (Å²) in [4.78, 5) is 12.4. The highest BCUT2D eigenvalue weighted by atomic mass is 19.1. The number of nitrogens with zero attached hydrogens (tertiary/aromatic N) is 1. The topological polar surface area (TPSA) is 40.9 Å². The van der Waals surface area contributed by atoms with E-state index in [0.29, 0.717) is 16.7 Å². The molecule has 3 aromatic carbocycles. The molecule has 0 aliphatic rings. The standard InChI is InChI=1S/C21H13F2NO/c22-17-11-9-15(10-12-17)19(13-24)14-5-7-16(8-6-14)21(25)18-3-1-2-4-20(18)23/h1-12,19H/t19-/m1/s1. The van der Waals surface area contributed by atoms with Crippen LogP contribution in [0.2, 0.25) is 0 Å². The molecular formula is C21H13F2NO. The summed E-state index contributed by atoms with van der Waals surface area (Å²) in [5, 5.41) is 9.43. The Hall–Kier alpha value is -3.32. The van der Waals surface area contributed by atoms with Crippen molar-refractivity contribution in [3.05, 3.63) is 107 Å². The third-order valence-electron chi connectivity index (χ3n) is 3.96. The maximum absolute atomic E-state index is 13.7. The lowest BCUT2D eigenvalue weighted by molar-refractivity contribution is 0.103. The maximum Gasteiger partial charge on any atom is 0.195 e. The summed E-state index contributed by atoms with van der Waals surface area (Å²) in [5.74, 6) is -1.93. The molecule has 3 rings (SSSR count). The van der Waals surface area contributed by atoms with Crippen molar-refractivity contribution in [1.82, 2.24) is 0 Å². The predicted octanol–water partition coefficient (Wildman–Crippen LogP) is 4.85. The molecule has 0 aliphatic heterocycles. The average molecular weight is 333 g/mol. The van der Waals surface area contributed by atoms with Crippen molar-refractivity contribution in [1.29, 1.82) is 5.26 Å². The summed E-state index contributed by atoms with van der Waals surface area (Å²) in [7, 11) is 0. The first-order valence-corrected chi connectivity index (χ1v) is 7.64. The van der Waals surface area contributed by atoms with E-state index in [1.54, 1.807) is 42.5 Å². The number of hydrogen-bond donors (Lipinski definition) is 0. The van der Waals surface area contributed by atoms with Crippen LogP contribution >= 0.6 is 0 Å². The number of halogens is 2. The van der Waals surface area contributed by atoms with Crippen LogP contribution in [0.3, 0.4) is 0 Å². The van der Waals surface area contributed by atoms with Gasteiger partial charge in [0.2, 0.25) is 0 Å². The summed E-state index contributed by atoms with van der Waals surface area (Å²) < 4.78 is 26.8. The SMILES string of the molecule is N#C[C@@H](c1ccc(F)cc1)c1ccc(C(=O)c2ccccc2F)cc1. The molecule has 0 spiro atoms. The van der Waals surface area contributed by atoms with Gasteiger partial charge in [0.1, 0.15) is 11.6 Å². The third-order valence-corrected chi connectivity index (χ3v) is 3.96. The van der Waals surface area contributed by atoms with E-state index in [1.165, 1.54) is 30.3 Å². The van der Waals surface area contributed by atoms with Crippen LogP contribution in [0.5, 0.6) is 0 Å². The van der Waals surface area contributed by atoms with Crippen molar-refractivity contribution in [3.63, 3.8) is 0 Å². The fourth-order valence-electron chi connectivity index (χ4n) is 2.62. The van der Waals surface area contributed by atoms with Crippen molar-refractivity contribution in [2.24, 2.45) is 0 Å². The second kappa shape index (κ2) is 7.06. The van der Waals surface area contributed by atoms with Gasteiger partial charge >= 0.3 is 0 Å². The van der Waals surface area contributed by atoms with E-state index in [-0.39, 0.29) is 11.4 Å². The molecule has 2 nitrogen and oxygen atoms in total. The zero-order chi connectivity index (χ0) is 17.8. The molecule has 0 saturated carbocycles. The van der Waals surface area contributed by atoms with Crippen molar-refractivity contribution in [2.45, 2.75) is 5.92 Å². The van der Waals surface area contributed by atoms with E-state index < -0.39 is 17.5 Å². The minimum atomic E-state index is -0.571. The lowest BCUT2D eigenvalue weighted by Crippen LogP contribution is -2.05. The summed E-state index contributed by atoms with van der Waals surface area (Å²) in [5.41, 5.74) is 1.69. The van der Waals surface area contributed by atoms with Crippen LogP contribution in [0, 0.1) is 23.0 Å². The van der Waals surface area contributed by atoms with Gasteiger partial charge < -0.3 is 0 Å². The molecule has 25 heavy (non-hydrogen) atoms. The van der Waals surface area contributed by atoms with Gasteiger partial charge in [-0.25, -0.2) is 8.78 Å². The Morgan fingerprint density at radius 1 is 0.840 bits per heavy atom. The Morgan fingerprint density at radius 2 is 1.40 bits per heavy atom. The minimum absolute atomic E-state index is 0.00520. The Morgan fingerprint density at radius 3 is 1.96 bits per heavy atom. The second-order valence-electron chi connectivity index (χ2n) is 5.54. The number of benzene rings is 3. The zero-order valence-corrected chi connectivity index (χ0v) is 13.1. The first-order valence-electron chi connectivity index (χ1n) is 7.64. The summed E-state index contributed by atoms with van der Waals surface area (Å²) in [6, 6.07) is 20.1. The van der Waals surface area contributed by atoms with Crippen LogP contribution in [0.4, 0.5) is 8.78 Å². The Balaban J connectivity index is 1.89. The number of hydrogen-bond acceptors (Lipinski definition) is 2. The van der Waals surface area contributed by atoms with Gasteiger partial charge in [-0.2, -0.15) is 5.26 Å². The number of rotatable bonds is 4. The van der Waals surface area contributed by atoms with Gasteiger partial charge in [0.25, 0.3) is 0 Å². The molecule has 1 atom stereocenters. The third kappa shape index (κ3) is 3.46. The lowest BCUT2D eigenvalue weighted by atomic mass is 9.91. The Labute approximate surface area is 144 Å². The van der Waals surface area contributed by atoms with E-state index in [1.807, 2.05) is 0 Å². The van der Waals surface area contributed by atoms with Gasteiger partial charge in [0, 0.05) is 5.56 Å². The molecule has 0 fully saturated rings. The molecule has 3 aromatic rings. The van der Waals surface area contributed by atoms with Crippen LogP contribution in [0.25, 0.3) is 0 Å². The quantitative estimate of drug-likeness (QED) is 0.640. The zero-order valence-electron chi connectivity index (χ0n) is 13.1. The van der Waals surface area contributed by atoms with Crippen molar-refractivity contribution in [3.8, 4) is 6.07 Å². The average Bonchev–Trinajstić information content (AvgIpc) is 2.64. The van der Waals surface area contributed by atoms with Crippen molar-refractivity contribution in [2.75, 3.05) is 0 Å². The van der Waals surface area contributed by atoms with Crippen molar-refractivity contribution < 1.29 is 13.6 Å². The molecule has 0 N–H and O–H groups in total. The second-order valence-corrected chi connectivity index (χ2v) is 5.54. The largest absolute Gasteiger partial charge is 0.288 e. The maximum atomic E-state index is 13.7. The van der Waals surface area contributed by atoms with Gasteiger partial charge in [0.15, 0.2) is 5.78 Å². The van der Waals surface area contributed by atoms with Gasteiger partial charge in [-0.1, -0.05) is 48.5 Å². The first-order chi connectivity index (χ1) is 12.1. The molecule has 0 aliphatic carbocycles. The molecule has 0 heterocycles. The highest BCUT2D eigenvalue weighted by molar-refractivity contribution is 6.09. The number of carbonyl (C=O) groups is 1. The number of nitriles is 1. The normalized spacial score (nSPS) is 11.6. The summed E-state index contributed by atoms with van der Waals surface area (Å²) >= 11 is 0. The van der Waals surface area contributed by atoms with E-state index in [9.17, 15) is 18.8 Å². The Bertz CT molecular complexity index is 941. The van der Waals surface area contributed by atoms with Crippen LogP contribution < -0.4 is 0 Å². The highest BCUT2D eigenvalue weighted by Gasteiger charge is 2.16. The molecular weight excluding hydrogens is 320 g/mol. The van der Waals surface area contributed by atoms with Gasteiger partial charge in [-0.3, -0.25) is 4.79 Å². The van der Waals surface area contributed by atoms with Gasteiger partial charge in [-0.15, -0.1) is 0 Å². The monoisotopic (exact) mass is 333 g/mol. The van der Waals surface area contributed by atoms with Crippen LogP contribution in [-0.2, 0) is 0 Å². The number of ketones is 1. The molecule has 0 saturated heterocycles. The fraction of sp³-hybridized carbons (Fsp3) is 0.0476. The van der Waals surface area contributed by atoms with Crippen molar-refractivity contribution >= 4 is 5.78 Å². The first kappa shape index (κ1) is 16.5. The van der Waals surface area contributed by atoms with Crippen LogP contribution in [-0.4, -0.2) is 5.78 Å². The highest BCUT2D eigenvalue weighted by Crippen LogP contribution is 2.25. The minimum Gasteiger partial charge on any atom is -0.288 e. The number of carbonyl (C=O) groups excluding carboxylic acids is 1. The molecule has 0 radical (unpaired) electrons. The predicted molar refractivity (Wildman–Crippen MR) is 90.1 cm³/mol. The summed E-state index contributed by atoms with van der Waals surface area (Å²) in [6.07, 6.45) is 0. The van der Waals surface area contributed by atoms with E-state index in [2.05, 4.69) is 6.07 Å². The molecule has 0 aromatic heterocycles. The molecule has 0 amide bonds. The molecule has 0 bridgehead atoms. The lowest BCUT2D eigenvalue weighted by Gasteiger charge is -2.11.